The van der Waals surface area contributed by atoms with Gasteiger partial charge in [0.2, 0.25) is 0 Å². The molecule has 1 saturated carbocycles. The molecule has 1 aliphatic carbocycles. The van der Waals surface area contributed by atoms with Crippen molar-refractivity contribution in [2.75, 3.05) is 5.32 Å². The monoisotopic (exact) mass is 296 g/mol. The summed E-state index contributed by atoms with van der Waals surface area (Å²) in [6.45, 7) is 0. The molecule has 1 heterocycles. The average Bonchev–Trinajstić information content (AvgIpc) is 2.75. The van der Waals surface area contributed by atoms with Crippen LogP contribution in [0.2, 0.25) is 0 Å². The molecule has 0 unspecified atom stereocenters. The fourth-order valence-electron chi connectivity index (χ4n) is 1.94. The molecule has 0 radical (unpaired) electrons. The third-order valence-corrected chi connectivity index (χ3v) is 4.37. The molecule has 1 amide bonds. The van der Waals surface area contributed by atoms with Crippen LogP contribution in [0.1, 0.15) is 19.3 Å². The van der Waals surface area contributed by atoms with Crippen molar-refractivity contribution in [2.24, 2.45) is 13.7 Å². The molecule has 88 valence electrons. The fraction of sp³-hybridized carbons (Fsp3) is 0.364. The van der Waals surface area contributed by atoms with Crippen LogP contribution in [0.4, 0.5) is 17.1 Å². The Labute approximate surface area is 105 Å². The van der Waals surface area contributed by atoms with Crippen LogP contribution in [0.5, 0.6) is 0 Å². The van der Waals surface area contributed by atoms with E-state index in [-0.39, 0.29) is 20.5 Å². The topological polar surface area (TPSA) is 79.8 Å². The van der Waals surface area contributed by atoms with Gasteiger partial charge in [0.05, 0.1) is 0 Å². The van der Waals surface area contributed by atoms with Crippen molar-refractivity contribution >= 4 is 37.5 Å². The van der Waals surface area contributed by atoms with Gasteiger partial charge in [-0.25, -0.2) is 0 Å². The van der Waals surface area contributed by atoms with E-state index in [0.29, 0.717) is 0 Å². The first-order chi connectivity index (χ1) is 8.19. The molecular weight excluding hydrogens is 283 g/mol. The molecule has 0 spiro atoms. The van der Waals surface area contributed by atoms with Crippen molar-refractivity contribution in [3.63, 3.8) is 0 Å². The van der Waals surface area contributed by atoms with Gasteiger partial charge in [0.25, 0.3) is 0 Å². The van der Waals surface area contributed by atoms with E-state index in [1.807, 2.05) is 18.2 Å². The molecule has 0 aromatic heterocycles. The zero-order chi connectivity index (χ0) is 11.9. The Kier molecular flexibility index (Phi) is 2.50. The molecule has 0 bridgehead atoms. The number of carbonyl (C=O) groups excluding carboxylic acids is 1. The molecule has 5 nitrogen and oxygen atoms in total. The first-order valence-corrected chi connectivity index (χ1v) is 7.04. The first-order valence-electron chi connectivity index (χ1n) is 5.51. The minimum atomic E-state index is -0.677. The Balaban J connectivity index is 1.85. The van der Waals surface area contributed by atoms with E-state index < -0.39 is 5.54 Å². The normalized spacial score (nSPS) is 19.1. The van der Waals surface area contributed by atoms with Gasteiger partial charge in [-0.1, -0.05) is 0 Å². The third kappa shape index (κ3) is 1.78. The third-order valence-electron chi connectivity index (χ3n) is 3.23. The molecule has 1 aromatic carbocycles. The van der Waals surface area contributed by atoms with Gasteiger partial charge in [-0.2, -0.15) is 0 Å². The number of nitrogens with one attached hydrogen (secondary N) is 1. The van der Waals surface area contributed by atoms with Crippen LogP contribution in [0.15, 0.2) is 26.1 Å². The van der Waals surface area contributed by atoms with Crippen LogP contribution in [-0.4, -0.2) is 26.0 Å². The summed E-state index contributed by atoms with van der Waals surface area (Å²) in [4.78, 5) is 12.0. The van der Waals surface area contributed by atoms with Gasteiger partial charge < -0.3 is 0 Å². The van der Waals surface area contributed by atoms with E-state index >= 15 is 0 Å². The summed E-state index contributed by atoms with van der Waals surface area (Å²) in [5.74, 6) is -0.105. The first kappa shape index (κ1) is 10.9. The second kappa shape index (κ2) is 3.91. The summed E-state index contributed by atoms with van der Waals surface area (Å²) in [6.07, 6.45) is 2.55. The molecule has 2 aliphatic rings. The molecule has 1 aromatic rings. The quantitative estimate of drug-likeness (QED) is 0.829. The number of nitrogens with zero attached hydrogens (tertiary/aromatic N) is 2. The van der Waals surface area contributed by atoms with Gasteiger partial charge in [0.1, 0.15) is 0 Å². The molecule has 0 saturated heterocycles. The standard InChI is InChI=1S/C11H12N4OSe/c12-11(5-2-6-11)10(16)13-7-3-1-4-8-9(7)15-17-14-8/h1,3-4H,2,5-6,12H2,(H,13,16). The van der Waals surface area contributed by atoms with Gasteiger partial charge in [-0.15, -0.1) is 0 Å². The Morgan fingerprint density at radius 2 is 2.24 bits per heavy atom. The predicted molar refractivity (Wildman–Crippen MR) is 65.8 cm³/mol. The van der Waals surface area contributed by atoms with E-state index in [4.69, 9.17) is 5.73 Å². The summed E-state index contributed by atoms with van der Waals surface area (Å²) in [5.41, 5.74) is 7.69. The summed E-state index contributed by atoms with van der Waals surface area (Å²) in [6, 6.07) is 5.63. The number of fused-ring (bicyclic) bond motifs is 1. The van der Waals surface area contributed by atoms with Crippen LogP contribution in [0, 0.1) is 0 Å². The average molecular weight is 295 g/mol. The van der Waals surface area contributed by atoms with Crippen LogP contribution < -0.4 is 11.1 Å². The summed E-state index contributed by atoms with van der Waals surface area (Å²) < 4.78 is 8.60. The summed E-state index contributed by atoms with van der Waals surface area (Å²) in [7, 11) is 0. The van der Waals surface area contributed by atoms with Gasteiger partial charge in [-0.3, -0.25) is 0 Å². The Bertz CT molecular complexity index is 559. The van der Waals surface area contributed by atoms with Crippen molar-refractivity contribution < 1.29 is 4.79 Å². The second-order valence-corrected chi connectivity index (χ2v) is 5.51. The Morgan fingerprint density at radius 1 is 1.41 bits per heavy atom. The van der Waals surface area contributed by atoms with E-state index in [1.54, 1.807) is 0 Å². The Morgan fingerprint density at radius 3 is 2.94 bits per heavy atom. The summed E-state index contributed by atoms with van der Waals surface area (Å²) in [5, 5.41) is 2.88. The van der Waals surface area contributed by atoms with Crippen molar-refractivity contribution in [1.29, 1.82) is 0 Å². The number of hydrogen-bond donors (Lipinski definition) is 2. The molecule has 1 fully saturated rings. The number of rotatable bonds is 2. The van der Waals surface area contributed by atoms with E-state index in [1.165, 1.54) is 0 Å². The van der Waals surface area contributed by atoms with E-state index in [0.717, 1.165) is 36.3 Å². The minimum absolute atomic E-state index is 0.0833. The van der Waals surface area contributed by atoms with Crippen LogP contribution in [0.3, 0.4) is 0 Å². The van der Waals surface area contributed by atoms with Gasteiger partial charge in [0, 0.05) is 0 Å². The van der Waals surface area contributed by atoms with Crippen LogP contribution >= 0.6 is 0 Å². The molecule has 0 atom stereocenters. The molecule has 3 N–H and O–H groups in total. The number of anilines is 1. The van der Waals surface area contributed by atoms with Crippen LogP contribution in [-0.2, 0) is 4.79 Å². The second-order valence-electron chi connectivity index (χ2n) is 4.40. The maximum atomic E-state index is 12.0. The maximum absolute atomic E-state index is 12.0. The Hall–Kier alpha value is -1.23. The molecule has 17 heavy (non-hydrogen) atoms. The van der Waals surface area contributed by atoms with Gasteiger partial charge in [-0.05, 0) is 0 Å². The van der Waals surface area contributed by atoms with E-state index in [9.17, 15) is 4.79 Å². The fourth-order valence-corrected chi connectivity index (χ4v) is 3.09. The van der Waals surface area contributed by atoms with Crippen molar-refractivity contribution in [3.05, 3.63) is 18.2 Å². The number of carbonyl (C=O) groups is 1. The molecule has 3 rings (SSSR count). The zero-order valence-corrected chi connectivity index (χ0v) is 10.9. The number of nitrogens with two attached hydrogens (primary N) is 1. The summed E-state index contributed by atoms with van der Waals surface area (Å²) >= 11 is -0.0833. The zero-order valence-electron chi connectivity index (χ0n) is 9.14. The SMILES string of the molecule is NC1(C(=O)Nc2cccc3c2N=[Se]=N3)CCC1. The molecule has 6 heteroatoms. The van der Waals surface area contributed by atoms with Crippen molar-refractivity contribution in [2.45, 2.75) is 24.8 Å². The predicted octanol–water partition coefficient (Wildman–Crippen LogP) is 1.85. The van der Waals surface area contributed by atoms with Gasteiger partial charge >= 0.3 is 104 Å². The molecule has 1 aliphatic heterocycles. The number of amides is 1. The van der Waals surface area contributed by atoms with Gasteiger partial charge in [0.15, 0.2) is 0 Å². The van der Waals surface area contributed by atoms with Crippen molar-refractivity contribution in [3.8, 4) is 0 Å². The van der Waals surface area contributed by atoms with E-state index in [2.05, 4.69) is 13.2 Å². The molecular formula is C11H12N4OSe. The van der Waals surface area contributed by atoms with Crippen LogP contribution in [0.25, 0.3) is 0 Å². The number of benzene rings is 1. The number of hydrogen-bond acceptors (Lipinski definition) is 4. The van der Waals surface area contributed by atoms with Crippen molar-refractivity contribution in [1.82, 2.24) is 0 Å².